The number of nitrogens with one attached hydrogen (secondary N) is 2. The topological polar surface area (TPSA) is 111 Å². The molecule has 0 bridgehead atoms. The Hall–Kier alpha value is -3.53. The molecule has 0 atom stereocenters. The number of amides is 3. The molecule has 11 heteroatoms. The number of fused-ring (bicyclic) bond motifs is 1. The zero-order valence-electron chi connectivity index (χ0n) is 19.0. The first kappa shape index (κ1) is 24.1. The van der Waals surface area contributed by atoms with Gasteiger partial charge < -0.3 is 25.0 Å². The maximum absolute atomic E-state index is 12.5. The number of carbonyl (C=O) groups excluding carboxylic acids is 2. The molecule has 3 rings (SSSR count). The van der Waals surface area contributed by atoms with Gasteiger partial charge in [0, 0.05) is 31.3 Å². The summed E-state index contributed by atoms with van der Waals surface area (Å²) < 4.78 is 12.1. The number of methoxy groups -OCH3 is 2. The maximum Gasteiger partial charge on any atom is 0.319 e. The van der Waals surface area contributed by atoms with Crippen molar-refractivity contribution in [2.24, 2.45) is 0 Å². The Morgan fingerprint density at radius 2 is 1.82 bits per heavy atom. The van der Waals surface area contributed by atoms with E-state index in [0.29, 0.717) is 59.5 Å². The number of benzene rings is 2. The largest absolute Gasteiger partial charge is 0.495 e. The van der Waals surface area contributed by atoms with Crippen LogP contribution in [0.2, 0.25) is 5.02 Å². The van der Waals surface area contributed by atoms with Crippen LogP contribution in [0.3, 0.4) is 0 Å². The van der Waals surface area contributed by atoms with Crippen LogP contribution >= 0.6 is 11.6 Å². The van der Waals surface area contributed by atoms with Gasteiger partial charge in [-0.15, -0.1) is 5.10 Å². The molecule has 0 aliphatic carbocycles. The number of anilines is 1. The smallest absolute Gasteiger partial charge is 0.319 e. The van der Waals surface area contributed by atoms with Crippen molar-refractivity contribution in [1.82, 2.24) is 25.2 Å². The number of carbonyl (C=O) groups is 2. The van der Waals surface area contributed by atoms with Gasteiger partial charge in [0.25, 0.3) is 5.91 Å². The average Bonchev–Trinajstić information content (AvgIpc) is 3.22. The average molecular weight is 475 g/mol. The van der Waals surface area contributed by atoms with E-state index >= 15 is 0 Å². The van der Waals surface area contributed by atoms with Crippen molar-refractivity contribution in [3.63, 3.8) is 0 Å². The first-order valence-corrected chi connectivity index (χ1v) is 10.9. The minimum Gasteiger partial charge on any atom is -0.495 e. The highest BCUT2D eigenvalue weighted by Gasteiger charge is 2.15. The molecule has 0 unspecified atom stereocenters. The molecule has 33 heavy (non-hydrogen) atoms. The molecule has 2 N–H and O–H groups in total. The van der Waals surface area contributed by atoms with Crippen molar-refractivity contribution in [1.29, 1.82) is 0 Å². The Labute approximate surface area is 196 Å². The molecule has 0 aliphatic heterocycles. The van der Waals surface area contributed by atoms with Gasteiger partial charge in [-0.2, -0.15) is 0 Å². The fraction of sp³-hybridized carbons (Fsp3) is 0.364. The molecule has 2 aromatic carbocycles. The van der Waals surface area contributed by atoms with E-state index in [0.717, 1.165) is 5.52 Å². The third-order valence-corrected chi connectivity index (χ3v) is 5.44. The summed E-state index contributed by atoms with van der Waals surface area (Å²) in [6.07, 6.45) is 0. The molecule has 0 radical (unpaired) electrons. The van der Waals surface area contributed by atoms with Crippen LogP contribution in [0.4, 0.5) is 10.5 Å². The van der Waals surface area contributed by atoms with Gasteiger partial charge in [-0.3, -0.25) is 4.79 Å². The molecule has 0 saturated carbocycles. The molecule has 1 aromatic heterocycles. The normalized spacial score (nSPS) is 10.7. The summed E-state index contributed by atoms with van der Waals surface area (Å²) in [6, 6.07) is 8.05. The lowest BCUT2D eigenvalue weighted by Gasteiger charge is -2.18. The highest BCUT2D eigenvalue weighted by Crippen LogP contribution is 2.35. The number of halogens is 1. The number of ether oxygens (including phenoxy) is 2. The molecule has 176 valence electrons. The highest BCUT2D eigenvalue weighted by molar-refractivity contribution is 6.32. The summed E-state index contributed by atoms with van der Waals surface area (Å²) >= 11 is 6.14. The van der Waals surface area contributed by atoms with E-state index in [9.17, 15) is 9.59 Å². The van der Waals surface area contributed by atoms with E-state index in [-0.39, 0.29) is 5.91 Å². The number of hydrogen-bond acceptors (Lipinski definition) is 6. The third-order valence-electron chi connectivity index (χ3n) is 5.14. The lowest BCUT2D eigenvalue weighted by Crippen LogP contribution is -2.31. The van der Waals surface area contributed by atoms with E-state index in [2.05, 4.69) is 20.9 Å². The van der Waals surface area contributed by atoms with Gasteiger partial charge in [-0.1, -0.05) is 16.8 Å². The summed E-state index contributed by atoms with van der Waals surface area (Å²) in [7, 11) is 2.99. The second-order valence-corrected chi connectivity index (χ2v) is 7.47. The van der Waals surface area contributed by atoms with Crippen LogP contribution in [-0.2, 0) is 6.54 Å². The predicted molar refractivity (Wildman–Crippen MR) is 126 cm³/mol. The second kappa shape index (κ2) is 10.9. The zero-order valence-corrected chi connectivity index (χ0v) is 19.8. The minimum atomic E-state index is -0.425. The number of rotatable bonds is 9. The Balaban J connectivity index is 1.62. The van der Waals surface area contributed by atoms with E-state index in [1.165, 1.54) is 14.2 Å². The molecule has 3 aromatic rings. The quantitative estimate of drug-likeness (QED) is 0.491. The Morgan fingerprint density at radius 1 is 1.09 bits per heavy atom. The monoisotopic (exact) mass is 474 g/mol. The van der Waals surface area contributed by atoms with Gasteiger partial charge in [-0.05, 0) is 38.1 Å². The van der Waals surface area contributed by atoms with Crippen LogP contribution < -0.4 is 20.1 Å². The van der Waals surface area contributed by atoms with E-state index in [1.807, 2.05) is 19.9 Å². The van der Waals surface area contributed by atoms with Crippen molar-refractivity contribution in [3.05, 3.63) is 40.9 Å². The standard InChI is InChI=1S/C22H27ClN6O4/c1-5-28(6-2)21(30)14-7-8-18-16(11-14)26-27-29(18)10-9-24-22(31)25-17-12-15(23)19(32-3)13-20(17)33-4/h7-8,11-13H,5-6,9-10H2,1-4H3,(H2,24,25,31). The summed E-state index contributed by atoms with van der Waals surface area (Å²) in [5.74, 6) is 0.826. The molecule has 3 amide bonds. The lowest BCUT2D eigenvalue weighted by atomic mass is 10.1. The van der Waals surface area contributed by atoms with Crippen molar-refractivity contribution in [2.45, 2.75) is 20.4 Å². The van der Waals surface area contributed by atoms with Crippen molar-refractivity contribution in [2.75, 3.05) is 39.2 Å². The Kier molecular flexibility index (Phi) is 7.94. The van der Waals surface area contributed by atoms with Crippen LogP contribution in [0, 0.1) is 0 Å². The maximum atomic E-state index is 12.5. The fourth-order valence-electron chi connectivity index (χ4n) is 3.36. The van der Waals surface area contributed by atoms with Crippen molar-refractivity contribution < 1.29 is 19.1 Å². The van der Waals surface area contributed by atoms with Crippen LogP contribution in [0.1, 0.15) is 24.2 Å². The summed E-state index contributed by atoms with van der Waals surface area (Å²) in [6.45, 7) is 5.87. The molecule has 1 heterocycles. The number of nitrogens with zero attached hydrogens (tertiary/aromatic N) is 4. The summed E-state index contributed by atoms with van der Waals surface area (Å²) in [5, 5.41) is 14.1. The van der Waals surface area contributed by atoms with E-state index < -0.39 is 6.03 Å². The van der Waals surface area contributed by atoms with Gasteiger partial charge in [0.2, 0.25) is 0 Å². The SMILES string of the molecule is CCN(CC)C(=O)c1ccc2c(c1)nnn2CCNC(=O)Nc1cc(Cl)c(OC)cc1OC. The van der Waals surface area contributed by atoms with Gasteiger partial charge >= 0.3 is 6.03 Å². The van der Waals surface area contributed by atoms with Crippen LogP contribution in [0.5, 0.6) is 11.5 Å². The first-order valence-electron chi connectivity index (χ1n) is 10.5. The van der Waals surface area contributed by atoms with Crippen LogP contribution in [-0.4, -0.2) is 65.7 Å². The number of hydrogen-bond donors (Lipinski definition) is 2. The predicted octanol–water partition coefficient (Wildman–Crippen LogP) is 3.41. The fourth-order valence-corrected chi connectivity index (χ4v) is 3.60. The molecular weight excluding hydrogens is 448 g/mol. The zero-order chi connectivity index (χ0) is 24.0. The van der Waals surface area contributed by atoms with Gasteiger partial charge in [-0.25, -0.2) is 9.48 Å². The van der Waals surface area contributed by atoms with E-state index in [4.69, 9.17) is 21.1 Å². The number of aromatic nitrogens is 3. The molecule has 0 fully saturated rings. The van der Waals surface area contributed by atoms with Crippen molar-refractivity contribution in [3.8, 4) is 11.5 Å². The van der Waals surface area contributed by atoms with Crippen LogP contribution in [0.25, 0.3) is 11.0 Å². The number of urea groups is 1. The van der Waals surface area contributed by atoms with Gasteiger partial charge in [0.05, 0.1) is 37.0 Å². The Morgan fingerprint density at radius 3 is 2.48 bits per heavy atom. The highest BCUT2D eigenvalue weighted by atomic mass is 35.5. The molecular formula is C22H27ClN6O4. The molecule has 10 nitrogen and oxygen atoms in total. The second-order valence-electron chi connectivity index (χ2n) is 7.06. The molecule has 0 saturated heterocycles. The van der Waals surface area contributed by atoms with Gasteiger partial charge in [0.15, 0.2) is 0 Å². The lowest BCUT2D eigenvalue weighted by molar-refractivity contribution is 0.0773. The summed E-state index contributed by atoms with van der Waals surface area (Å²) in [4.78, 5) is 26.6. The summed E-state index contributed by atoms with van der Waals surface area (Å²) in [5.41, 5.74) is 2.38. The van der Waals surface area contributed by atoms with Crippen LogP contribution in [0.15, 0.2) is 30.3 Å². The first-order chi connectivity index (χ1) is 15.9. The molecule has 0 aliphatic rings. The minimum absolute atomic E-state index is 0.0381. The van der Waals surface area contributed by atoms with E-state index in [1.54, 1.807) is 33.8 Å². The van der Waals surface area contributed by atoms with Gasteiger partial charge in [0.1, 0.15) is 17.0 Å². The third kappa shape index (κ3) is 5.46. The van der Waals surface area contributed by atoms with Crippen molar-refractivity contribution >= 4 is 40.3 Å². The Bertz CT molecular complexity index is 1150. The molecule has 0 spiro atoms.